The number of phosphoric acid groups is 1. The van der Waals surface area contributed by atoms with Gasteiger partial charge in [-0.1, -0.05) is 0 Å². The molecule has 0 radical (unpaired) electrons. The molecule has 0 aromatic rings. The van der Waals surface area contributed by atoms with E-state index in [1.165, 1.54) is 0 Å². The van der Waals surface area contributed by atoms with Crippen molar-refractivity contribution >= 4 is 52.9 Å². The molecule has 0 unspecified atom stereocenters. The fraction of sp³-hybridized carbons (Fsp3) is 0. The topological polar surface area (TPSA) is 144 Å². The van der Waals surface area contributed by atoms with Crippen LogP contribution in [0.2, 0.25) is 0 Å². The molecule has 4 N–H and O–H groups in total. The number of hydrogen-bond acceptors (Lipinski definition) is 6. The fourth-order valence-corrected chi connectivity index (χ4v) is 0. The van der Waals surface area contributed by atoms with E-state index in [0.29, 0.717) is 0 Å². The SMILES string of the molecule is O=P([O-])([O-])O.OB(O)O.[Ca+2]. The van der Waals surface area contributed by atoms with Gasteiger partial charge in [-0.2, -0.15) is 0 Å². The molecule has 0 aromatic carbocycles. The largest absolute Gasteiger partial charge is 2.00 e. The van der Waals surface area contributed by atoms with Gasteiger partial charge in [0.2, 0.25) is 0 Å². The van der Waals surface area contributed by atoms with Crippen molar-refractivity contribution in [3.63, 3.8) is 0 Å². The third kappa shape index (κ3) is 373. The Morgan fingerprint density at radius 3 is 1.20 bits per heavy atom. The Bertz CT molecular complexity index is 84.8. The van der Waals surface area contributed by atoms with Gasteiger partial charge in [0.15, 0.2) is 0 Å². The van der Waals surface area contributed by atoms with Crippen LogP contribution in [-0.2, 0) is 4.57 Å². The van der Waals surface area contributed by atoms with Crippen molar-refractivity contribution in [3.8, 4) is 0 Å². The zero-order valence-corrected chi connectivity index (χ0v) is 7.85. The first-order valence-corrected chi connectivity index (χ1v) is 3.02. The number of rotatable bonds is 0. The van der Waals surface area contributed by atoms with E-state index >= 15 is 0 Å². The Labute approximate surface area is 86.7 Å². The Balaban J connectivity index is -0.0000000910. The second kappa shape index (κ2) is 8.41. The van der Waals surface area contributed by atoms with Crippen molar-refractivity contribution in [2.75, 3.05) is 0 Å². The summed E-state index contributed by atoms with van der Waals surface area (Å²) in [4.78, 5) is 24.3. The Morgan fingerprint density at radius 2 is 1.20 bits per heavy atom. The summed E-state index contributed by atoms with van der Waals surface area (Å²) < 4.78 is 8.66. The van der Waals surface area contributed by atoms with Crippen LogP contribution in [0.5, 0.6) is 0 Å². The predicted molar refractivity (Wildman–Crippen MR) is 28.0 cm³/mol. The Morgan fingerprint density at radius 1 is 1.20 bits per heavy atom. The van der Waals surface area contributed by atoms with Crippen LogP contribution in [0.4, 0.5) is 0 Å². The minimum absolute atomic E-state index is 0. The van der Waals surface area contributed by atoms with E-state index in [0.717, 1.165) is 0 Å². The molecule has 0 aliphatic rings. The molecule has 0 aliphatic heterocycles. The van der Waals surface area contributed by atoms with Crippen LogP contribution in [0.15, 0.2) is 0 Å². The summed E-state index contributed by atoms with van der Waals surface area (Å²) in [6.45, 7) is 0. The van der Waals surface area contributed by atoms with Gasteiger partial charge in [0.1, 0.15) is 0 Å². The first-order valence-electron chi connectivity index (χ1n) is 1.52. The van der Waals surface area contributed by atoms with Gasteiger partial charge in [0, 0.05) is 0 Å². The normalized spacial score (nSPS) is 8.60. The van der Waals surface area contributed by atoms with Crippen molar-refractivity contribution in [3.05, 3.63) is 0 Å². The number of hydrogen-bond donors (Lipinski definition) is 4. The summed E-state index contributed by atoms with van der Waals surface area (Å²) in [5, 5.41) is 21.5. The monoisotopic (exact) mass is 198 g/mol. The second-order valence-corrected chi connectivity index (χ2v) is 1.75. The molecule has 0 heterocycles. The zero-order chi connectivity index (χ0) is 8.08. The molecule has 56 valence electrons. The maximum Gasteiger partial charge on any atom is 2.00 e. The smallest absolute Gasteiger partial charge is 0.790 e. The molecule has 0 amide bonds. The zero-order valence-electron chi connectivity index (χ0n) is 4.75. The third-order valence-corrected chi connectivity index (χ3v) is 0. The summed E-state index contributed by atoms with van der Waals surface area (Å²) >= 11 is 0. The van der Waals surface area contributed by atoms with Crippen LogP contribution < -0.4 is 9.79 Å². The molecule has 0 saturated carbocycles. The van der Waals surface area contributed by atoms with E-state index in [9.17, 15) is 0 Å². The standard InChI is InChI=1S/BH3O3.Ca.H3O4P/c2-1(3)4;;1-5(2,3)4/h2-4H;;(H3,1,2,3,4)/q;+2;/p-2. The summed E-state index contributed by atoms with van der Waals surface area (Å²) in [5.41, 5.74) is 0. The van der Waals surface area contributed by atoms with Gasteiger partial charge in [-0.3, -0.25) is 0 Å². The van der Waals surface area contributed by atoms with E-state index in [-0.39, 0.29) is 37.7 Å². The van der Waals surface area contributed by atoms with Crippen LogP contribution in [0.3, 0.4) is 0 Å². The maximum absolute atomic E-state index is 8.66. The van der Waals surface area contributed by atoms with Crippen molar-refractivity contribution in [1.29, 1.82) is 0 Å². The Hall–Kier alpha value is 1.31. The molecule has 0 aromatic heterocycles. The summed E-state index contributed by atoms with van der Waals surface area (Å²) in [6, 6.07) is 0. The third-order valence-electron chi connectivity index (χ3n) is 0. The van der Waals surface area contributed by atoms with Crippen molar-refractivity contribution < 1.29 is 34.3 Å². The minimum atomic E-state index is -5.14. The van der Waals surface area contributed by atoms with Gasteiger partial charge in [0.25, 0.3) is 0 Å². The van der Waals surface area contributed by atoms with Gasteiger partial charge in [-0.15, -0.1) is 0 Å². The first-order chi connectivity index (χ1) is 3.73. The molecular weight excluding hydrogens is 194 g/mol. The molecule has 0 bridgehead atoms. The van der Waals surface area contributed by atoms with Gasteiger partial charge in [-0.25, -0.2) is 0 Å². The van der Waals surface area contributed by atoms with E-state index in [1.807, 2.05) is 0 Å². The fourth-order valence-electron chi connectivity index (χ4n) is 0. The van der Waals surface area contributed by atoms with Crippen LogP contribution in [0.25, 0.3) is 0 Å². The van der Waals surface area contributed by atoms with Crippen LogP contribution >= 0.6 is 7.82 Å². The van der Waals surface area contributed by atoms with E-state index in [4.69, 9.17) is 34.3 Å². The molecule has 0 fully saturated rings. The van der Waals surface area contributed by atoms with Crippen LogP contribution in [-0.4, -0.2) is 65.0 Å². The van der Waals surface area contributed by atoms with Crippen LogP contribution in [0.1, 0.15) is 0 Å². The minimum Gasteiger partial charge on any atom is -0.790 e. The van der Waals surface area contributed by atoms with Crippen molar-refractivity contribution in [1.82, 2.24) is 0 Å². The predicted octanol–water partition coefficient (Wildman–Crippen LogP) is -4.63. The Kier molecular flexibility index (Phi) is 14.6. The molecule has 10 heteroatoms. The van der Waals surface area contributed by atoms with Crippen molar-refractivity contribution in [2.45, 2.75) is 0 Å². The molecule has 0 atom stereocenters. The quantitative estimate of drug-likeness (QED) is 0.226. The summed E-state index contributed by atoms with van der Waals surface area (Å²) in [5.74, 6) is 0. The molecule has 7 nitrogen and oxygen atoms in total. The van der Waals surface area contributed by atoms with Gasteiger partial charge < -0.3 is 34.3 Å². The molecule has 0 aliphatic carbocycles. The van der Waals surface area contributed by atoms with Crippen LogP contribution in [0, 0.1) is 0 Å². The molecule has 10 heavy (non-hydrogen) atoms. The van der Waals surface area contributed by atoms with Gasteiger partial charge in [0.05, 0.1) is 7.82 Å². The van der Waals surface area contributed by atoms with Gasteiger partial charge >= 0.3 is 45.1 Å². The second-order valence-electron chi connectivity index (χ2n) is 0.815. The summed E-state index contributed by atoms with van der Waals surface area (Å²) in [6.07, 6.45) is 0. The molecular formula is H4BCaO7P. The average molecular weight is 198 g/mol. The first kappa shape index (κ1) is 17.4. The van der Waals surface area contributed by atoms with Gasteiger partial charge in [-0.05, 0) is 0 Å². The van der Waals surface area contributed by atoms with Crippen molar-refractivity contribution in [2.24, 2.45) is 0 Å². The maximum atomic E-state index is 8.66. The molecule has 0 spiro atoms. The van der Waals surface area contributed by atoms with E-state index in [2.05, 4.69) is 0 Å². The molecule has 0 rings (SSSR count). The van der Waals surface area contributed by atoms with E-state index in [1.54, 1.807) is 0 Å². The average Bonchev–Trinajstić information content (AvgIpc) is 1.19. The van der Waals surface area contributed by atoms with E-state index < -0.39 is 15.1 Å². The summed E-state index contributed by atoms with van der Waals surface area (Å²) in [7, 11) is -7.31. The molecule has 0 saturated heterocycles.